The summed E-state index contributed by atoms with van der Waals surface area (Å²) in [6.07, 6.45) is 6.91. The molecule has 0 radical (unpaired) electrons. The van der Waals surface area contributed by atoms with Crippen LogP contribution < -0.4 is 0 Å². The van der Waals surface area contributed by atoms with Gasteiger partial charge in [-0.15, -0.1) is 0 Å². The van der Waals surface area contributed by atoms with Gasteiger partial charge in [-0.25, -0.2) is 14.8 Å². The fourth-order valence-corrected chi connectivity index (χ4v) is 5.77. The van der Waals surface area contributed by atoms with E-state index in [1.807, 2.05) is 42.7 Å². The molecule has 0 unspecified atom stereocenters. The molecule has 0 saturated heterocycles. The molecule has 7 heteroatoms. The minimum atomic E-state index is -1.27. The monoisotopic (exact) mass is 578 g/mol. The van der Waals surface area contributed by atoms with Crippen molar-refractivity contribution in [2.24, 2.45) is 0 Å². The van der Waals surface area contributed by atoms with E-state index in [1.54, 1.807) is 0 Å². The number of para-hydroxylation sites is 1. The van der Waals surface area contributed by atoms with E-state index in [0.29, 0.717) is 12.1 Å². The van der Waals surface area contributed by atoms with Crippen molar-refractivity contribution >= 4 is 28.2 Å². The highest BCUT2D eigenvalue weighted by Gasteiger charge is 2.26. The van der Waals surface area contributed by atoms with Gasteiger partial charge >= 0.3 is 5.97 Å². The van der Waals surface area contributed by atoms with Crippen molar-refractivity contribution in [2.45, 2.75) is 20.4 Å². The third kappa shape index (κ3) is 5.16. The number of carbonyl (C=O) groups excluding carboxylic acids is 1. The molecule has 3 aromatic carbocycles. The Bertz CT molecular complexity index is 2110. The lowest BCUT2D eigenvalue weighted by Crippen LogP contribution is -2.14. The standard InChI is InChI=1S/C20H15N.C17H15N3O3/c1-3-9-16(10-4-1)18-15-21-14-8-7-13-19(21)20(18)17-11-5-2-6-12-17;1-3-20-10(2)13(11-6-4-5-7-12(11)20)16(21)14-15(17(22)23)19-9-8-18-14/h1-15H;4-9H,3H2,1-2H3,(H,22,23). The van der Waals surface area contributed by atoms with Gasteiger partial charge in [0.25, 0.3) is 0 Å². The van der Waals surface area contributed by atoms with Crippen LogP contribution in [0.15, 0.2) is 128 Å². The molecule has 0 aliphatic heterocycles. The smallest absolute Gasteiger partial charge is 0.356 e. The van der Waals surface area contributed by atoms with Gasteiger partial charge in [0.2, 0.25) is 5.78 Å². The Labute approximate surface area is 254 Å². The normalized spacial score (nSPS) is 10.9. The molecule has 44 heavy (non-hydrogen) atoms. The molecule has 7 aromatic rings. The van der Waals surface area contributed by atoms with Crippen molar-refractivity contribution < 1.29 is 14.7 Å². The fourth-order valence-electron chi connectivity index (χ4n) is 5.77. The van der Waals surface area contributed by atoms with Crippen LogP contribution >= 0.6 is 0 Å². The van der Waals surface area contributed by atoms with Gasteiger partial charge in [-0.3, -0.25) is 4.79 Å². The summed E-state index contributed by atoms with van der Waals surface area (Å²) < 4.78 is 4.23. The first-order chi connectivity index (χ1) is 21.5. The van der Waals surface area contributed by atoms with Crippen LogP contribution in [0.25, 0.3) is 38.7 Å². The molecule has 0 bridgehead atoms. The molecule has 0 atom stereocenters. The lowest BCUT2D eigenvalue weighted by atomic mass is 9.98. The molecule has 0 aliphatic carbocycles. The highest BCUT2D eigenvalue weighted by molar-refractivity contribution is 6.19. The maximum Gasteiger partial charge on any atom is 0.356 e. The van der Waals surface area contributed by atoms with Crippen LogP contribution in [0.4, 0.5) is 0 Å². The van der Waals surface area contributed by atoms with Crippen LogP contribution in [0.5, 0.6) is 0 Å². The number of hydrogen-bond donors (Lipinski definition) is 1. The van der Waals surface area contributed by atoms with Crippen molar-refractivity contribution in [2.75, 3.05) is 0 Å². The van der Waals surface area contributed by atoms with E-state index in [4.69, 9.17) is 0 Å². The van der Waals surface area contributed by atoms with Crippen LogP contribution in [0.2, 0.25) is 0 Å². The number of rotatable bonds is 6. The van der Waals surface area contributed by atoms with Gasteiger partial charge in [0, 0.05) is 59.1 Å². The van der Waals surface area contributed by atoms with Gasteiger partial charge in [0.15, 0.2) is 5.69 Å². The number of fused-ring (bicyclic) bond motifs is 2. The van der Waals surface area contributed by atoms with Gasteiger partial charge < -0.3 is 14.1 Å². The lowest BCUT2D eigenvalue weighted by Gasteiger charge is -2.05. The third-order valence-electron chi connectivity index (χ3n) is 7.72. The number of pyridine rings is 1. The first-order valence-electron chi connectivity index (χ1n) is 14.4. The number of nitrogens with zero attached hydrogens (tertiary/aromatic N) is 4. The molecule has 0 spiro atoms. The number of carboxylic acids is 1. The zero-order valence-electron chi connectivity index (χ0n) is 24.4. The summed E-state index contributed by atoms with van der Waals surface area (Å²) in [4.78, 5) is 32.0. The molecule has 4 aromatic heterocycles. The van der Waals surface area contributed by atoms with Gasteiger partial charge in [0.1, 0.15) is 5.69 Å². The molecular weight excluding hydrogens is 548 g/mol. The van der Waals surface area contributed by atoms with Crippen molar-refractivity contribution in [3.05, 3.63) is 151 Å². The summed E-state index contributed by atoms with van der Waals surface area (Å²) in [6.45, 7) is 4.57. The van der Waals surface area contributed by atoms with Crippen molar-refractivity contribution in [1.29, 1.82) is 0 Å². The zero-order chi connectivity index (χ0) is 30.6. The molecule has 7 rings (SSSR count). The number of ketones is 1. The number of hydrogen-bond acceptors (Lipinski definition) is 4. The molecule has 0 saturated carbocycles. The Hall–Kier alpha value is -5.82. The van der Waals surface area contributed by atoms with Crippen LogP contribution in [-0.4, -0.2) is 35.8 Å². The van der Waals surface area contributed by atoms with Crippen molar-refractivity contribution in [3.8, 4) is 22.3 Å². The Morgan fingerprint density at radius 2 is 1.32 bits per heavy atom. The molecular formula is C37H30N4O3. The summed E-state index contributed by atoms with van der Waals surface area (Å²) >= 11 is 0. The average Bonchev–Trinajstić information content (AvgIpc) is 3.60. The topological polar surface area (TPSA) is 89.5 Å². The molecule has 216 valence electrons. The Morgan fingerprint density at radius 3 is 2.00 bits per heavy atom. The SMILES string of the molecule is CCn1c(C)c(C(=O)c2nccnc2C(=O)O)c2ccccc21.c1ccc(-c2cn3ccccc3c2-c2ccccc2)cc1. The van der Waals surface area contributed by atoms with E-state index in [-0.39, 0.29) is 11.4 Å². The maximum absolute atomic E-state index is 13.0. The van der Waals surface area contributed by atoms with Crippen LogP contribution in [0.3, 0.4) is 0 Å². The number of carbonyl (C=O) groups is 2. The molecule has 0 aliphatic rings. The van der Waals surface area contributed by atoms with E-state index >= 15 is 0 Å². The van der Waals surface area contributed by atoms with Gasteiger partial charge in [-0.1, -0.05) is 84.9 Å². The number of carboxylic acid groups (broad SMARTS) is 1. The van der Waals surface area contributed by atoms with E-state index in [9.17, 15) is 14.7 Å². The first-order valence-corrected chi connectivity index (χ1v) is 14.4. The average molecular weight is 579 g/mol. The largest absolute Gasteiger partial charge is 0.476 e. The van der Waals surface area contributed by atoms with E-state index in [1.165, 1.54) is 40.2 Å². The minimum Gasteiger partial charge on any atom is -0.476 e. The predicted octanol–water partition coefficient (Wildman–Crippen LogP) is 7.96. The lowest BCUT2D eigenvalue weighted by molar-refractivity contribution is 0.0685. The van der Waals surface area contributed by atoms with Crippen molar-refractivity contribution in [1.82, 2.24) is 18.9 Å². The second-order valence-corrected chi connectivity index (χ2v) is 10.3. The molecule has 0 fully saturated rings. The number of aryl methyl sites for hydroxylation is 1. The second-order valence-electron chi connectivity index (χ2n) is 10.3. The van der Waals surface area contributed by atoms with Gasteiger partial charge in [-0.2, -0.15) is 0 Å². The quantitative estimate of drug-likeness (QED) is 0.202. The summed E-state index contributed by atoms with van der Waals surface area (Å²) in [5, 5.41) is 10.0. The first kappa shape index (κ1) is 28.3. The van der Waals surface area contributed by atoms with Gasteiger partial charge in [0.05, 0.1) is 11.1 Å². The van der Waals surface area contributed by atoms with Gasteiger partial charge in [-0.05, 0) is 43.2 Å². The van der Waals surface area contributed by atoms with E-state index < -0.39 is 11.8 Å². The highest BCUT2D eigenvalue weighted by Crippen LogP contribution is 2.37. The van der Waals surface area contributed by atoms with Crippen LogP contribution in [0.1, 0.15) is 39.2 Å². The summed E-state index contributed by atoms with van der Waals surface area (Å²) in [7, 11) is 0. The predicted molar refractivity (Wildman–Crippen MR) is 173 cm³/mol. The summed E-state index contributed by atoms with van der Waals surface area (Å²) in [5.41, 5.74) is 8.05. The Kier molecular flexibility index (Phi) is 7.84. The molecule has 1 N–H and O–H groups in total. The number of benzene rings is 3. The second kappa shape index (κ2) is 12.2. The highest BCUT2D eigenvalue weighted by atomic mass is 16.4. The Balaban J connectivity index is 0.000000156. The maximum atomic E-state index is 13.0. The van der Waals surface area contributed by atoms with Crippen LogP contribution in [0, 0.1) is 6.92 Å². The summed E-state index contributed by atoms with van der Waals surface area (Å²) in [6, 6.07) is 35.1. The molecule has 0 amide bonds. The van der Waals surface area contributed by atoms with E-state index in [0.717, 1.165) is 16.6 Å². The number of aromatic carboxylic acids is 1. The number of aromatic nitrogens is 4. The van der Waals surface area contributed by atoms with E-state index in [2.05, 4.69) is 106 Å². The van der Waals surface area contributed by atoms with Crippen molar-refractivity contribution in [3.63, 3.8) is 0 Å². The third-order valence-corrected chi connectivity index (χ3v) is 7.72. The molecule has 7 nitrogen and oxygen atoms in total. The minimum absolute atomic E-state index is 0.137. The fraction of sp³-hybridized carbons (Fsp3) is 0.0811. The van der Waals surface area contributed by atoms with Crippen LogP contribution in [-0.2, 0) is 6.54 Å². The molecule has 4 heterocycles. The zero-order valence-corrected chi connectivity index (χ0v) is 24.4. The Morgan fingerprint density at radius 1 is 0.727 bits per heavy atom. The summed E-state index contributed by atoms with van der Waals surface area (Å²) in [5.74, 6) is -1.69.